The molecule has 29 heavy (non-hydrogen) atoms. The SMILES string of the molecule is CN1CCN(C(=O)c2ccc(Cl)c(NC(=O)COc3ccc(Cl)cc3Cl)c2)CC1. The zero-order chi connectivity index (χ0) is 21.0. The largest absolute Gasteiger partial charge is 0.482 e. The molecule has 1 heterocycles. The Hall–Kier alpha value is -1.99. The molecule has 0 bridgehead atoms. The van der Waals surface area contributed by atoms with Gasteiger partial charge in [-0.05, 0) is 43.4 Å². The molecule has 1 fully saturated rings. The average Bonchev–Trinajstić information content (AvgIpc) is 2.69. The molecule has 1 aliphatic rings. The Morgan fingerprint density at radius 1 is 1.00 bits per heavy atom. The second kappa shape index (κ2) is 9.67. The van der Waals surface area contributed by atoms with E-state index in [0.717, 1.165) is 13.1 Å². The molecule has 0 saturated carbocycles. The molecule has 154 valence electrons. The van der Waals surface area contributed by atoms with Crippen LogP contribution in [0.5, 0.6) is 5.75 Å². The maximum Gasteiger partial charge on any atom is 0.262 e. The number of nitrogens with zero attached hydrogens (tertiary/aromatic N) is 2. The maximum absolute atomic E-state index is 12.7. The summed E-state index contributed by atoms with van der Waals surface area (Å²) >= 11 is 18.1. The first-order valence-corrected chi connectivity index (χ1v) is 10.1. The lowest BCUT2D eigenvalue weighted by Gasteiger charge is -2.32. The minimum Gasteiger partial charge on any atom is -0.482 e. The lowest BCUT2D eigenvalue weighted by molar-refractivity contribution is -0.118. The van der Waals surface area contributed by atoms with E-state index in [-0.39, 0.29) is 12.5 Å². The molecule has 0 atom stereocenters. The molecular weight excluding hydrogens is 437 g/mol. The summed E-state index contributed by atoms with van der Waals surface area (Å²) in [4.78, 5) is 29.0. The molecule has 2 aromatic carbocycles. The van der Waals surface area contributed by atoms with Gasteiger partial charge >= 0.3 is 0 Å². The van der Waals surface area contributed by atoms with Crippen molar-refractivity contribution in [1.82, 2.24) is 9.80 Å². The summed E-state index contributed by atoms with van der Waals surface area (Å²) in [5.41, 5.74) is 0.818. The van der Waals surface area contributed by atoms with Crippen LogP contribution >= 0.6 is 34.8 Å². The van der Waals surface area contributed by atoms with Crippen molar-refractivity contribution < 1.29 is 14.3 Å². The van der Waals surface area contributed by atoms with E-state index >= 15 is 0 Å². The van der Waals surface area contributed by atoms with Crippen LogP contribution in [0.1, 0.15) is 10.4 Å². The van der Waals surface area contributed by atoms with E-state index in [0.29, 0.717) is 45.2 Å². The second-order valence-corrected chi connectivity index (χ2v) is 7.95. The fraction of sp³-hybridized carbons (Fsp3) is 0.300. The minimum atomic E-state index is -0.429. The van der Waals surface area contributed by atoms with Crippen molar-refractivity contribution >= 4 is 52.3 Å². The van der Waals surface area contributed by atoms with Crippen LogP contribution in [0.4, 0.5) is 5.69 Å². The molecule has 0 radical (unpaired) electrons. The number of anilines is 1. The van der Waals surface area contributed by atoms with Crippen molar-refractivity contribution in [3.63, 3.8) is 0 Å². The first kappa shape index (κ1) is 21.7. The molecule has 0 spiro atoms. The van der Waals surface area contributed by atoms with E-state index in [2.05, 4.69) is 10.2 Å². The van der Waals surface area contributed by atoms with Gasteiger partial charge in [-0.3, -0.25) is 9.59 Å². The molecule has 2 amide bonds. The molecule has 0 aromatic heterocycles. The average molecular weight is 457 g/mol. The first-order valence-electron chi connectivity index (χ1n) is 8.98. The normalized spacial score (nSPS) is 14.6. The lowest BCUT2D eigenvalue weighted by Crippen LogP contribution is -2.47. The number of likely N-dealkylation sites (N-methyl/N-ethyl adjacent to an activating group) is 1. The fourth-order valence-corrected chi connectivity index (χ4v) is 3.50. The molecule has 1 saturated heterocycles. The second-order valence-electron chi connectivity index (χ2n) is 6.70. The van der Waals surface area contributed by atoms with Crippen LogP contribution in [0.15, 0.2) is 36.4 Å². The predicted octanol–water partition coefficient (Wildman–Crippen LogP) is 4.05. The third-order valence-corrected chi connectivity index (χ3v) is 5.39. The third kappa shape index (κ3) is 5.76. The Bertz CT molecular complexity index is 915. The maximum atomic E-state index is 12.7. The molecule has 3 rings (SSSR count). The Kier molecular flexibility index (Phi) is 7.24. The third-order valence-electron chi connectivity index (χ3n) is 4.53. The topological polar surface area (TPSA) is 61.9 Å². The molecule has 0 unspecified atom stereocenters. The highest BCUT2D eigenvalue weighted by molar-refractivity contribution is 6.35. The fourth-order valence-electron chi connectivity index (χ4n) is 2.87. The molecule has 9 heteroatoms. The van der Waals surface area contributed by atoms with E-state index in [1.54, 1.807) is 35.2 Å². The Morgan fingerprint density at radius 2 is 1.72 bits per heavy atom. The van der Waals surface area contributed by atoms with Gasteiger partial charge in [-0.25, -0.2) is 0 Å². The van der Waals surface area contributed by atoms with Crippen LogP contribution in [0.3, 0.4) is 0 Å². The van der Waals surface area contributed by atoms with Crippen molar-refractivity contribution in [2.75, 3.05) is 45.2 Å². The number of amides is 2. The van der Waals surface area contributed by atoms with Crippen LogP contribution in [0, 0.1) is 0 Å². The predicted molar refractivity (Wildman–Crippen MR) is 115 cm³/mol. The smallest absolute Gasteiger partial charge is 0.262 e. The van der Waals surface area contributed by atoms with Gasteiger partial charge in [-0.15, -0.1) is 0 Å². The van der Waals surface area contributed by atoms with Crippen LogP contribution in [-0.2, 0) is 4.79 Å². The molecule has 0 aliphatic carbocycles. The van der Waals surface area contributed by atoms with Crippen molar-refractivity contribution in [1.29, 1.82) is 0 Å². The number of nitrogens with one attached hydrogen (secondary N) is 1. The van der Waals surface area contributed by atoms with Crippen LogP contribution < -0.4 is 10.1 Å². The number of ether oxygens (including phenoxy) is 1. The van der Waals surface area contributed by atoms with Gasteiger partial charge in [-0.1, -0.05) is 34.8 Å². The summed E-state index contributed by atoms with van der Waals surface area (Å²) in [6.07, 6.45) is 0. The summed E-state index contributed by atoms with van der Waals surface area (Å²) in [6, 6.07) is 9.56. The van der Waals surface area contributed by atoms with Gasteiger partial charge in [0.15, 0.2) is 6.61 Å². The van der Waals surface area contributed by atoms with Crippen molar-refractivity contribution in [3.05, 3.63) is 57.0 Å². The number of carbonyl (C=O) groups excluding carboxylic acids is 2. The Morgan fingerprint density at radius 3 is 2.41 bits per heavy atom. The lowest BCUT2D eigenvalue weighted by atomic mass is 10.1. The number of hydrogen-bond donors (Lipinski definition) is 1. The number of piperazine rings is 1. The van der Waals surface area contributed by atoms with Gasteiger partial charge in [0, 0.05) is 36.8 Å². The number of benzene rings is 2. The summed E-state index contributed by atoms with van der Waals surface area (Å²) in [5.74, 6) is -0.173. The van der Waals surface area contributed by atoms with Gasteiger partial charge in [0.1, 0.15) is 5.75 Å². The van der Waals surface area contributed by atoms with Crippen molar-refractivity contribution in [2.45, 2.75) is 0 Å². The summed E-state index contributed by atoms with van der Waals surface area (Å²) in [6.45, 7) is 2.71. The Balaban J connectivity index is 1.63. The zero-order valence-electron chi connectivity index (χ0n) is 15.8. The van der Waals surface area contributed by atoms with E-state index in [4.69, 9.17) is 39.5 Å². The number of hydrogen-bond acceptors (Lipinski definition) is 4. The molecule has 1 N–H and O–H groups in total. The summed E-state index contributed by atoms with van der Waals surface area (Å²) in [5, 5.41) is 3.78. The van der Waals surface area contributed by atoms with E-state index < -0.39 is 5.91 Å². The Labute approximate surface area is 184 Å². The molecule has 2 aromatic rings. The van der Waals surface area contributed by atoms with Crippen molar-refractivity contribution in [2.24, 2.45) is 0 Å². The standard InChI is InChI=1S/C20H20Cl3N3O3/c1-25-6-8-26(9-7-25)20(28)13-2-4-15(22)17(10-13)24-19(27)12-29-18-5-3-14(21)11-16(18)23/h2-5,10-11H,6-9,12H2,1H3,(H,24,27). The van der Waals surface area contributed by atoms with Crippen LogP contribution in [0.25, 0.3) is 0 Å². The van der Waals surface area contributed by atoms with E-state index in [1.807, 2.05) is 7.05 Å². The monoisotopic (exact) mass is 455 g/mol. The van der Waals surface area contributed by atoms with Gasteiger partial charge < -0.3 is 19.9 Å². The van der Waals surface area contributed by atoms with Gasteiger partial charge in [-0.2, -0.15) is 0 Å². The van der Waals surface area contributed by atoms with Crippen LogP contribution in [0.2, 0.25) is 15.1 Å². The van der Waals surface area contributed by atoms with Gasteiger partial charge in [0.2, 0.25) is 0 Å². The zero-order valence-corrected chi connectivity index (χ0v) is 18.0. The van der Waals surface area contributed by atoms with Gasteiger partial charge in [0.05, 0.1) is 15.7 Å². The first-order chi connectivity index (χ1) is 13.8. The molecular formula is C20H20Cl3N3O3. The number of rotatable bonds is 5. The van der Waals surface area contributed by atoms with E-state index in [1.165, 1.54) is 6.07 Å². The summed E-state index contributed by atoms with van der Waals surface area (Å²) in [7, 11) is 2.02. The van der Waals surface area contributed by atoms with Crippen LogP contribution in [-0.4, -0.2) is 61.4 Å². The molecule has 6 nitrogen and oxygen atoms in total. The van der Waals surface area contributed by atoms with E-state index in [9.17, 15) is 9.59 Å². The number of halogens is 3. The summed E-state index contributed by atoms with van der Waals surface area (Å²) < 4.78 is 5.42. The highest BCUT2D eigenvalue weighted by Gasteiger charge is 2.21. The highest BCUT2D eigenvalue weighted by Crippen LogP contribution is 2.28. The van der Waals surface area contributed by atoms with Gasteiger partial charge in [0.25, 0.3) is 11.8 Å². The molecule has 1 aliphatic heterocycles. The highest BCUT2D eigenvalue weighted by atomic mass is 35.5. The minimum absolute atomic E-state index is 0.0885. The van der Waals surface area contributed by atoms with Crippen molar-refractivity contribution in [3.8, 4) is 5.75 Å². The number of carbonyl (C=O) groups is 2. The quantitative estimate of drug-likeness (QED) is 0.737.